The zero-order valence-electron chi connectivity index (χ0n) is 17.2. The van der Waals surface area contributed by atoms with Crippen molar-refractivity contribution in [3.8, 4) is 0 Å². The molecule has 6 nitrogen and oxygen atoms in total. The van der Waals surface area contributed by atoms with E-state index >= 15 is 0 Å². The molecule has 0 radical (unpaired) electrons. The topological polar surface area (TPSA) is 88.0 Å². The molecule has 6 rings (SSSR count). The van der Waals surface area contributed by atoms with Crippen LogP contribution in [0.15, 0.2) is 66.9 Å². The summed E-state index contributed by atoms with van der Waals surface area (Å²) >= 11 is 0. The molecule has 1 saturated carbocycles. The van der Waals surface area contributed by atoms with E-state index in [2.05, 4.69) is 40.6 Å². The van der Waals surface area contributed by atoms with Gasteiger partial charge in [0.2, 0.25) is 0 Å². The van der Waals surface area contributed by atoms with Crippen molar-refractivity contribution in [3.63, 3.8) is 0 Å². The molecule has 32 heavy (non-hydrogen) atoms. The van der Waals surface area contributed by atoms with Crippen molar-refractivity contribution in [2.24, 2.45) is 0 Å². The van der Waals surface area contributed by atoms with Crippen LogP contribution >= 0.6 is 0 Å². The van der Waals surface area contributed by atoms with E-state index in [1.165, 1.54) is 16.3 Å². The smallest absolute Gasteiger partial charge is 0.335 e. The van der Waals surface area contributed by atoms with Crippen molar-refractivity contribution in [1.29, 1.82) is 0 Å². The van der Waals surface area contributed by atoms with Gasteiger partial charge in [-0.05, 0) is 41.3 Å². The van der Waals surface area contributed by atoms with Gasteiger partial charge in [-0.2, -0.15) is 0 Å². The molecule has 6 heteroatoms. The Labute approximate surface area is 184 Å². The summed E-state index contributed by atoms with van der Waals surface area (Å²) in [4.78, 5) is 25.8. The molecule has 0 atom stereocenters. The van der Waals surface area contributed by atoms with Gasteiger partial charge in [-0.1, -0.05) is 48.5 Å². The van der Waals surface area contributed by atoms with Gasteiger partial charge in [0.25, 0.3) is 0 Å². The average Bonchev–Trinajstić information content (AvgIpc) is 3.63. The number of carboxylic acid groups (broad SMARTS) is 1. The number of anilines is 1. The van der Waals surface area contributed by atoms with Crippen LogP contribution in [0, 0.1) is 0 Å². The van der Waals surface area contributed by atoms with E-state index in [9.17, 15) is 9.90 Å². The van der Waals surface area contributed by atoms with Crippen molar-refractivity contribution in [3.05, 3.63) is 83.8 Å². The quantitative estimate of drug-likeness (QED) is 0.380. The van der Waals surface area contributed by atoms with E-state index in [0.717, 1.165) is 35.0 Å². The minimum atomic E-state index is -0.966. The van der Waals surface area contributed by atoms with Crippen molar-refractivity contribution >= 4 is 44.4 Å². The third kappa shape index (κ3) is 3.30. The zero-order chi connectivity index (χ0) is 21.7. The van der Waals surface area contributed by atoms with Crippen molar-refractivity contribution in [1.82, 2.24) is 15.0 Å². The molecule has 0 bridgehead atoms. The van der Waals surface area contributed by atoms with Gasteiger partial charge in [0.05, 0.1) is 11.1 Å². The molecule has 0 amide bonds. The second-order valence-electron chi connectivity index (χ2n) is 8.28. The number of pyridine rings is 1. The highest BCUT2D eigenvalue weighted by Crippen LogP contribution is 2.32. The highest BCUT2D eigenvalue weighted by Gasteiger charge is 2.23. The summed E-state index contributed by atoms with van der Waals surface area (Å²) in [6, 6.07) is 20.0. The molecule has 0 unspecified atom stereocenters. The number of hydrogen-bond acceptors (Lipinski definition) is 5. The number of nitrogens with zero attached hydrogens (tertiary/aromatic N) is 3. The number of carboxylic acids is 1. The fourth-order valence-corrected chi connectivity index (χ4v) is 4.18. The summed E-state index contributed by atoms with van der Waals surface area (Å²) in [6.45, 7) is 0. The van der Waals surface area contributed by atoms with Gasteiger partial charge in [-0.15, -0.1) is 0 Å². The maximum atomic E-state index is 11.4. The van der Waals surface area contributed by atoms with Crippen molar-refractivity contribution in [2.75, 3.05) is 5.32 Å². The van der Waals surface area contributed by atoms with Gasteiger partial charge in [0.15, 0.2) is 5.82 Å². The zero-order valence-corrected chi connectivity index (χ0v) is 17.2. The van der Waals surface area contributed by atoms with Gasteiger partial charge >= 0.3 is 5.97 Å². The Kier molecular flexibility index (Phi) is 4.24. The summed E-state index contributed by atoms with van der Waals surface area (Å²) in [7, 11) is 0. The number of fused-ring (bicyclic) bond motifs is 4. The molecule has 0 saturated heterocycles. The average molecular weight is 420 g/mol. The second-order valence-corrected chi connectivity index (χ2v) is 8.28. The first-order chi connectivity index (χ1) is 15.7. The van der Waals surface area contributed by atoms with E-state index in [-0.39, 0.29) is 5.56 Å². The van der Waals surface area contributed by atoms with Crippen LogP contribution in [-0.2, 0) is 6.42 Å². The predicted octanol–water partition coefficient (Wildman–Crippen LogP) is 5.19. The van der Waals surface area contributed by atoms with E-state index in [4.69, 9.17) is 9.97 Å². The van der Waals surface area contributed by atoms with Crippen LogP contribution < -0.4 is 5.32 Å². The first-order valence-electron chi connectivity index (χ1n) is 10.7. The fraction of sp³-hybridized carbons (Fsp3) is 0.154. The lowest BCUT2D eigenvalue weighted by Gasteiger charge is -2.12. The lowest BCUT2D eigenvalue weighted by Crippen LogP contribution is -2.07. The number of hydrogen-bond donors (Lipinski definition) is 2. The molecule has 2 heterocycles. The van der Waals surface area contributed by atoms with Crippen LogP contribution in [0.1, 0.15) is 34.6 Å². The third-order valence-corrected chi connectivity index (χ3v) is 5.98. The van der Waals surface area contributed by atoms with E-state index in [0.29, 0.717) is 23.8 Å². The SMILES string of the molecule is O=C(O)c1ccc2c(c1)nc(NC1CC1)c1nc(Cc3cccc4ccccc34)ncc12. The van der Waals surface area contributed by atoms with Gasteiger partial charge in [-0.25, -0.2) is 19.7 Å². The Morgan fingerprint density at radius 1 is 0.969 bits per heavy atom. The molecular formula is C26H20N4O2. The molecular weight excluding hydrogens is 400 g/mol. The molecule has 156 valence electrons. The molecule has 0 spiro atoms. The van der Waals surface area contributed by atoms with Crippen molar-refractivity contribution < 1.29 is 9.90 Å². The fourth-order valence-electron chi connectivity index (χ4n) is 4.18. The van der Waals surface area contributed by atoms with Gasteiger partial charge in [0.1, 0.15) is 11.3 Å². The summed E-state index contributed by atoms with van der Waals surface area (Å²) in [5, 5.41) is 17.0. The largest absolute Gasteiger partial charge is 0.478 e. The number of aromatic nitrogens is 3. The van der Waals surface area contributed by atoms with E-state index < -0.39 is 5.97 Å². The first-order valence-corrected chi connectivity index (χ1v) is 10.7. The maximum absolute atomic E-state index is 11.4. The first kappa shape index (κ1) is 18.7. The third-order valence-electron chi connectivity index (χ3n) is 5.98. The number of aromatic carboxylic acids is 1. The highest BCUT2D eigenvalue weighted by atomic mass is 16.4. The Bertz CT molecular complexity index is 1520. The Morgan fingerprint density at radius 3 is 2.66 bits per heavy atom. The summed E-state index contributed by atoms with van der Waals surface area (Å²) in [5.74, 6) is 0.460. The summed E-state index contributed by atoms with van der Waals surface area (Å²) in [5.41, 5.74) is 2.80. The standard InChI is InChI=1S/C26H20N4O2/c31-26(32)17-8-11-20-21-14-27-23(13-16-6-3-5-15-4-1-2-7-19(15)16)30-24(21)25(28-18-9-10-18)29-22(20)12-17/h1-8,11-12,14,18H,9-10,13H2,(H,28,29)(H,31,32). The minimum Gasteiger partial charge on any atom is -0.478 e. The number of rotatable bonds is 5. The lowest BCUT2D eigenvalue weighted by atomic mass is 10.0. The van der Waals surface area contributed by atoms with Gasteiger partial charge < -0.3 is 10.4 Å². The Hall–Kier alpha value is -4.06. The second kappa shape index (κ2) is 7.27. The molecule has 1 aliphatic carbocycles. The molecule has 2 aromatic heterocycles. The highest BCUT2D eigenvalue weighted by molar-refractivity contribution is 6.09. The number of nitrogens with one attached hydrogen (secondary N) is 1. The molecule has 1 aliphatic rings. The Morgan fingerprint density at radius 2 is 1.81 bits per heavy atom. The summed E-state index contributed by atoms with van der Waals surface area (Å²) < 4.78 is 0. The van der Waals surface area contributed by atoms with Crippen LogP contribution in [0.5, 0.6) is 0 Å². The van der Waals surface area contributed by atoms with Crippen LogP contribution in [-0.4, -0.2) is 32.1 Å². The molecule has 3 aromatic carbocycles. The van der Waals surface area contributed by atoms with E-state index in [1.807, 2.05) is 18.3 Å². The lowest BCUT2D eigenvalue weighted by molar-refractivity contribution is 0.0697. The molecule has 1 fully saturated rings. The van der Waals surface area contributed by atoms with E-state index in [1.54, 1.807) is 18.2 Å². The van der Waals surface area contributed by atoms with Crippen LogP contribution in [0.4, 0.5) is 5.82 Å². The van der Waals surface area contributed by atoms with Crippen LogP contribution in [0.3, 0.4) is 0 Å². The monoisotopic (exact) mass is 420 g/mol. The maximum Gasteiger partial charge on any atom is 0.335 e. The Balaban J connectivity index is 1.50. The van der Waals surface area contributed by atoms with Gasteiger partial charge in [0, 0.05) is 29.4 Å². The van der Waals surface area contributed by atoms with Gasteiger partial charge in [-0.3, -0.25) is 0 Å². The summed E-state index contributed by atoms with van der Waals surface area (Å²) in [6.07, 6.45) is 4.66. The van der Waals surface area contributed by atoms with Crippen molar-refractivity contribution in [2.45, 2.75) is 25.3 Å². The molecule has 2 N–H and O–H groups in total. The van der Waals surface area contributed by atoms with Crippen LogP contribution in [0.25, 0.3) is 32.6 Å². The molecule has 0 aliphatic heterocycles. The minimum absolute atomic E-state index is 0.218. The number of carbonyl (C=O) groups is 1. The molecule has 5 aromatic rings. The predicted molar refractivity (Wildman–Crippen MR) is 125 cm³/mol. The van der Waals surface area contributed by atoms with Crippen LogP contribution in [0.2, 0.25) is 0 Å². The number of benzene rings is 3. The normalized spacial score (nSPS) is 13.6.